The van der Waals surface area contributed by atoms with Crippen LogP contribution in [0.5, 0.6) is 0 Å². The molecule has 0 fully saturated rings. The second kappa shape index (κ2) is 4.53. The number of aryl methyl sites for hydroxylation is 1. The number of benzene rings is 1. The van der Waals surface area contributed by atoms with Crippen molar-refractivity contribution < 1.29 is 4.79 Å². The Kier molecular flexibility index (Phi) is 2.72. The topological polar surface area (TPSA) is 59.8 Å². The first kappa shape index (κ1) is 11.4. The van der Waals surface area contributed by atoms with Gasteiger partial charge in [0.2, 0.25) is 0 Å². The van der Waals surface area contributed by atoms with E-state index in [9.17, 15) is 4.79 Å². The minimum absolute atomic E-state index is 0.169. The zero-order chi connectivity index (χ0) is 13.2. The van der Waals surface area contributed by atoms with Crippen LogP contribution in [0.15, 0.2) is 49.2 Å². The maximum Gasteiger partial charge on any atom is 0.255 e. The Bertz CT molecular complexity index is 734. The molecule has 19 heavy (non-hydrogen) atoms. The van der Waals surface area contributed by atoms with Crippen LogP contribution >= 0.6 is 0 Å². The number of anilines is 1. The van der Waals surface area contributed by atoms with Crippen LogP contribution in [-0.4, -0.2) is 20.4 Å². The summed E-state index contributed by atoms with van der Waals surface area (Å²) in [5, 5.41) is 3.87. The van der Waals surface area contributed by atoms with Gasteiger partial charge < -0.3 is 9.88 Å². The second-order valence-electron chi connectivity index (χ2n) is 4.28. The molecule has 2 aromatic heterocycles. The van der Waals surface area contributed by atoms with Gasteiger partial charge in [-0.3, -0.25) is 4.79 Å². The highest BCUT2D eigenvalue weighted by Gasteiger charge is 2.08. The highest BCUT2D eigenvalue weighted by molar-refractivity contribution is 6.06. The van der Waals surface area contributed by atoms with Gasteiger partial charge in [-0.2, -0.15) is 0 Å². The van der Waals surface area contributed by atoms with E-state index in [1.807, 2.05) is 42.1 Å². The fourth-order valence-electron chi connectivity index (χ4n) is 1.97. The number of carbonyl (C=O) groups is 1. The van der Waals surface area contributed by atoms with Gasteiger partial charge in [-0.1, -0.05) is 6.07 Å². The van der Waals surface area contributed by atoms with E-state index < -0.39 is 0 Å². The Hall–Kier alpha value is -2.69. The summed E-state index contributed by atoms with van der Waals surface area (Å²) in [5.74, 6) is -0.169. The molecule has 0 aliphatic heterocycles. The normalized spacial score (nSPS) is 10.6. The molecule has 5 nitrogen and oxygen atoms in total. The predicted octanol–water partition coefficient (Wildman–Crippen LogP) is 2.22. The Balaban J connectivity index is 1.91. The van der Waals surface area contributed by atoms with E-state index in [0.717, 1.165) is 10.9 Å². The molecule has 1 aromatic carbocycles. The maximum absolute atomic E-state index is 12.1. The number of rotatable bonds is 2. The van der Waals surface area contributed by atoms with Crippen LogP contribution in [0.25, 0.3) is 10.9 Å². The Labute approximate surface area is 109 Å². The zero-order valence-electron chi connectivity index (χ0n) is 10.4. The van der Waals surface area contributed by atoms with Gasteiger partial charge in [-0.25, -0.2) is 9.97 Å². The number of fused-ring (bicyclic) bond motifs is 1. The van der Waals surface area contributed by atoms with E-state index in [4.69, 9.17) is 0 Å². The third-order valence-corrected chi connectivity index (χ3v) is 2.97. The number of aromatic nitrogens is 3. The first-order valence-corrected chi connectivity index (χ1v) is 5.85. The summed E-state index contributed by atoms with van der Waals surface area (Å²) in [5.41, 5.74) is 2.22. The highest BCUT2D eigenvalue weighted by atomic mass is 16.1. The van der Waals surface area contributed by atoms with Crippen LogP contribution in [-0.2, 0) is 7.05 Å². The van der Waals surface area contributed by atoms with Crippen molar-refractivity contribution in [3.63, 3.8) is 0 Å². The van der Waals surface area contributed by atoms with Crippen molar-refractivity contribution in [2.24, 2.45) is 7.05 Å². The largest absolute Gasteiger partial charge is 0.351 e. The standard InChI is InChI=1S/C14H12N4O/c1-18-5-4-10-2-3-11(6-13(10)18)14(19)17-12-7-15-9-16-8-12/h2-9H,1H3,(H,17,19). The van der Waals surface area contributed by atoms with Gasteiger partial charge in [0.25, 0.3) is 5.91 Å². The molecule has 0 unspecified atom stereocenters. The van der Waals surface area contributed by atoms with Crippen molar-refractivity contribution in [2.45, 2.75) is 0 Å². The molecule has 0 saturated carbocycles. The summed E-state index contributed by atoms with van der Waals surface area (Å²) in [6.45, 7) is 0. The van der Waals surface area contributed by atoms with Gasteiger partial charge in [-0.15, -0.1) is 0 Å². The lowest BCUT2D eigenvalue weighted by Crippen LogP contribution is -2.12. The molecule has 94 valence electrons. The van der Waals surface area contributed by atoms with E-state index in [0.29, 0.717) is 11.3 Å². The average Bonchev–Trinajstić information content (AvgIpc) is 2.81. The summed E-state index contributed by atoms with van der Waals surface area (Å²) in [6.07, 6.45) is 6.51. The third kappa shape index (κ3) is 2.18. The summed E-state index contributed by atoms with van der Waals surface area (Å²) in [4.78, 5) is 19.8. The van der Waals surface area contributed by atoms with Crippen LogP contribution in [0.4, 0.5) is 5.69 Å². The zero-order valence-corrected chi connectivity index (χ0v) is 10.4. The number of hydrogen-bond donors (Lipinski definition) is 1. The highest BCUT2D eigenvalue weighted by Crippen LogP contribution is 2.17. The van der Waals surface area contributed by atoms with Crippen LogP contribution in [0.3, 0.4) is 0 Å². The molecule has 1 N–H and O–H groups in total. The maximum atomic E-state index is 12.1. The smallest absolute Gasteiger partial charge is 0.255 e. The molecule has 0 atom stereocenters. The molecule has 0 aliphatic rings. The number of nitrogens with zero attached hydrogens (tertiary/aromatic N) is 3. The number of carbonyl (C=O) groups excluding carboxylic acids is 1. The molecular formula is C14H12N4O. The molecular weight excluding hydrogens is 240 g/mol. The first-order chi connectivity index (χ1) is 9.24. The third-order valence-electron chi connectivity index (χ3n) is 2.97. The van der Waals surface area contributed by atoms with Crippen molar-refractivity contribution in [1.82, 2.24) is 14.5 Å². The molecule has 0 bridgehead atoms. The summed E-state index contributed by atoms with van der Waals surface area (Å²) >= 11 is 0. The average molecular weight is 252 g/mol. The van der Waals surface area contributed by atoms with E-state index >= 15 is 0 Å². The molecule has 3 aromatic rings. The van der Waals surface area contributed by atoms with Gasteiger partial charge in [0.05, 0.1) is 18.1 Å². The lowest BCUT2D eigenvalue weighted by molar-refractivity contribution is 0.102. The lowest BCUT2D eigenvalue weighted by atomic mass is 10.1. The molecule has 0 aliphatic carbocycles. The molecule has 5 heteroatoms. The Morgan fingerprint density at radius 1 is 1.21 bits per heavy atom. The Morgan fingerprint density at radius 2 is 2.00 bits per heavy atom. The quantitative estimate of drug-likeness (QED) is 0.760. The Morgan fingerprint density at radius 3 is 2.79 bits per heavy atom. The molecule has 0 spiro atoms. The SMILES string of the molecule is Cn1ccc2ccc(C(=O)Nc3cncnc3)cc21. The lowest BCUT2D eigenvalue weighted by Gasteiger charge is -2.05. The minimum atomic E-state index is -0.169. The van der Waals surface area contributed by atoms with Gasteiger partial charge in [0.1, 0.15) is 6.33 Å². The summed E-state index contributed by atoms with van der Waals surface area (Å²) < 4.78 is 1.98. The first-order valence-electron chi connectivity index (χ1n) is 5.85. The second-order valence-corrected chi connectivity index (χ2v) is 4.28. The fourth-order valence-corrected chi connectivity index (χ4v) is 1.97. The number of hydrogen-bond acceptors (Lipinski definition) is 3. The van der Waals surface area contributed by atoms with Crippen molar-refractivity contribution in [3.8, 4) is 0 Å². The van der Waals surface area contributed by atoms with E-state index in [-0.39, 0.29) is 5.91 Å². The predicted molar refractivity (Wildman–Crippen MR) is 72.9 cm³/mol. The number of amides is 1. The van der Waals surface area contributed by atoms with Crippen molar-refractivity contribution in [1.29, 1.82) is 0 Å². The van der Waals surface area contributed by atoms with Crippen molar-refractivity contribution >= 4 is 22.5 Å². The van der Waals surface area contributed by atoms with Crippen LogP contribution in [0.1, 0.15) is 10.4 Å². The van der Waals surface area contributed by atoms with Gasteiger partial charge in [0, 0.05) is 24.3 Å². The molecule has 0 saturated heterocycles. The number of nitrogens with one attached hydrogen (secondary N) is 1. The van der Waals surface area contributed by atoms with Gasteiger partial charge in [0.15, 0.2) is 0 Å². The fraction of sp³-hybridized carbons (Fsp3) is 0.0714. The van der Waals surface area contributed by atoms with E-state index in [1.165, 1.54) is 6.33 Å². The monoisotopic (exact) mass is 252 g/mol. The summed E-state index contributed by atoms with van der Waals surface area (Å²) in [6, 6.07) is 7.63. The molecule has 0 radical (unpaired) electrons. The van der Waals surface area contributed by atoms with Crippen LogP contribution in [0.2, 0.25) is 0 Å². The van der Waals surface area contributed by atoms with E-state index in [1.54, 1.807) is 12.4 Å². The van der Waals surface area contributed by atoms with Crippen LogP contribution in [0, 0.1) is 0 Å². The molecule has 2 heterocycles. The van der Waals surface area contributed by atoms with Crippen molar-refractivity contribution in [2.75, 3.05) is 5.32 Å². The molecule has 3 rings (SSSR count). The van der Waals surface area contributed by atoms with E-state index in [2.05, 4.69) is 15.3 Å². The minimum Gasteiger partial charge on any atom is -0.351 e. The van der Waals surface area contributed by atoms with Crippen molar-refractivity contribution in [3.05, 3.63) is 54.7 Å². The van der Waals surface area contributed by atoms with Gasteiger partial charge >= 0.3 is 0 Å². The molecule has 1 amide bonds. The van der Waals surface area contributed by atoms with Gasteiger partial charge in [-0.05, 0) is 23.6 Å². The van der Waals surface area contributed by atoms with Crippen LogP contribution < -0.4 is 5.32 Å². The summed E-state index contributed by atoms with van der Waals surface area (Å²) in [7, 11) is 1.95.